The first-order valence-electron chi connectivity index (χ1n) is 6.11. The molecule has 0 fully saturated rings. The first-order valence-corrected chi connectivity index (χ1v) is 6.11. The molecular formula is C16H13NO2. The number of carbonyl (C=O) groups excluding carboxylic acids is 1. The molecule has 1 aliphatic rings. The number of ketones is 1. The lowest BCUT2D eigenvalue weighted by atomic mass is 10.1. The van der Waals surface area contributed by atoms with E-state index in [1.165, 1.54) is 0 Å². The van der Waals surface area contributed by atoms with Gasteiger partial charge in [0.05, 0.1) is 12.8 Å². The van der Waals surface area contributed by atoms with E-state index in [2.05, 4.69) is 4.98 Å². The number of hydrogen-bond donors (Lipinski definition) is 0. The van der Waals surface area contributed by atoms with Crippen molar-refractivity contribution < 1.29 is 9.53 Å². The first-order chi connectivity index (χ1) is 9.28. The van der Waals surface area contributed by atoms with Gasteiger partial charge < -0.3 is 4.74 Å². The van der Waals surface area contributed by atoms with Crippen LogP contribution in [0.1, 0.15) is 21.6 Å². The van der Waals surface area contributed by atoms with Crippen LogP contribution in [0.4, 0.5) is 0 Å². The molecule has 1 heterocycles. The average molecular weight is 251 g/mol. The summed E-state index contributed by atoms with van der Waals surface area (Å²) in [4.78, 5) is 16.5. The maximum absolute atomic E-state index is 12.3. The Morgan fingerprint density at radius 1 is 1.26 bits per heavy atom. The van der Waals surface area contributed by atoms with Gasteiger partial charge >= 0.3 is 0 Å². The molecule has 3 heteroatoms. The van der Waals surface area contributed by atoms with Gasteiger partial charge in [0, 0.05) is 23.8 Å². The zero-order valence-electron chi connectivity index (χ0n) is 10.6. The first kappa shape index (κ1) is 11.7. The quantitative estimate of drug-likeness (QED) is 0.770. The Morgan fingerprint density at radius 3 is 2.89 bits per heavy atom. The highest BCUT2D eigenvalue weighted by molar-refractivity contribution is 6.15. The van der Waals surface area contributed by atoms with Gasteiger partial charge in [0.25, 0.3) is 0 Å². The maximum Gasteiger partial charge on any atom is 0.189 e. The standard InChI is InChI=1S/C16H13NO2/c1-19-14-6-5-11-8-12(16(18)15(11)10-14)9-13-4-2-3-7-17-13/h2-7,9-10H,8H2,1H3. The summed E-state index contributed by atoms with van der Waals surface area (Å²) in [5.74, 6) is 0.783. The lowest BCUT2D eigenvalue weighted by Crippen LogP contribution is -1.96. The molecule has 2 aromatic rings. The fourth-order valence-corrected chi connectivity index (χ4v) is 2.26. The number of fused-ring (bicyclic) bond motifs is 1. The third kappa shape index (κ3) is 2.15. The van der Waals surface area contributed by atoms with Crippen LogP contribution in [-0.4, -0.2) is 17.9 Å². The lowest BCUT2D eigenvalue weighted by molar-refractivity contribution is 0.104. The highest BCUT2D eigenvalue weighted by atomic mass is 16.5. The lowest BCUT2D eigenvalue weighted by Gasteiger charge is -2.01. The number of methoxy groups -OCH3 is 1. The molecule has 94 valence electrons. The van der Waals surface area contributed by atoms with E-state index in [1.807, 2.05) is 36.4 Å². The van der Waals surface area contributed by atoms with Crippen LogP contribution in [0.5, 0.6) is 5.75 Å². The molecule has 1 aliphatic carbocycles. The van der Waals surface area contributed by atoms with E-state index < -0.39 is 0 Å². The number of Topliss-reactive ketones (excluding diaryl/α,β-unsaturated/α-hetero) is 1. The number of hydrogen-bond acceptors (Lipinski definition) is 3. The summed E-state index contributed by atoms with van der Waals surface area (Å²) >= 11 is 0. The summed E-state index contributed by atoms with van der Waals surface area (Å²) in [6, 6.07) is 11.3. The third-order valence-corrected chi connectivity index (χ3v) is 3.24. The summed E-state index contributed by atoms with van der Waals surface area (Å²) in [5, 5.41) is 0. The average Bonchev–Trinajstić information content (AvgIpc) is 2.76. The van der Waals surface area contributed by atoms with E-state index in [9.17, 15) is 4.79 Å². The van der Waals surface area contributed by atoms with Gasteiger partial charge in [-0.1, -0.05) is 12.1 Å². The molecule has 0 amide bonds. The predicted octanol–water partition coefficient (Wildman–Crippen LogP) is 2.91. The summed E-state index contributed by atoms with van der Waals surface area (Å²) in [7, 11) is 1.60. The van der Waals surface area contributed by atoms with E-state index in [4.69, 9.17) is 4.74 Å². The summed E-state index contributed by atoms with van der Waals surface area (Å²) in [5.41, 5.74) is 3.38. The van der Waals surface area contributed by atoms with Crippen molar-refractivity contribution in [1.29, 1.82) is 0 Å². The number of allylic oxidation sites excluding steroid dienone is 1. The van der Waals surface area contributed by atoms with Crippen molar-refractivity contribution in [2.45, 2.75) is 6.42 Å². The smallest absolute Gasteiger partial charge is 0.189 e. The van der Waals surface area contributed by atoms with Crippen molar-refractivity contribution in [3.05, 3.63) is 65.0 Å². The Bertz CT molecular complexity index is 660. The second-order valence-electron chi connectivity index (χ2n) is 4.45. The highest BCUT2D eigenvalue weighted by Gasteiger charge is 2.25. The summed E-state index contributed by atoms with van der Waals surface area (Å²) in [6.07, 6.45) is 4.24. The summed E-state index contributed by atoms with van der Waals surface area (Å²) in [6.45, 7) is 0. The number of benzene rings is 1. The van der Waals surface area contributed by atoms with Crippen molar-refractivity contribution in [3.63, 3.8) is 0 Å². The van der Waals surface area contributed by atoms with E-state index >= 15 is 0 Å². The molecule has 19 heavy (non-hydrogen) atoms. The topological polar surface area (TPSA) is 39.2 Å². The van der Waals surface area contributed by atoms with Crippen molar-refractivity contribution in [3.8, 4) is 5.75 Å². The molecule has 0 atom stereocenters. The Kier molecular flexibility index (Phi) is 2.88. The van der Waals surface area contributed by atoms with E-state index in [-0.39, 0.29) is 5.78 Å². The molecule has 3 rings (SSSR count). The number of pyridine rings is 1. The molecule has 0 spiro atoms. The van der Waals surface area contributed by atoms with Crippen molar-refractivity contribution in [2.75, 3.05) is 7.11 Å². The number of aromatic nitrogens is 1. The van der Waals surface area contributed by atoms with Gasteiger partial charge in [-0.15, -0.1) is 0 Å². The molecule has 3 nitrogen and oxygen atoms in total. The Labute approximate surface area is 111 Å². The highest BCUT2D eigenvalue weighted by Crippen LogP contribution is 2.30. The second kappa shape index (κ2) is 4.69. The summed E-state index contributed by atoms with van der Waals surface area (Å²) < 4.78 is 5.16. The minimum absolute atomic E-state index is 0.0690. The molecule has 0 N–H and O–H groups in total. The third-order valence-electron chi connectivity index (χ3n) is 3.24. The Balaban J connectivity index is 1.97. The molecule has 1 aromatic carbocycles. The largest absolute Gasteiger partial charge is 0.497 e. The Hall–Kier alpha value is -2.42. The van der Waals surface area contributed by atoms with Gasteiger partial charge in [0.1, 0.15) is 5.75 Å². The fourth-order valence-electron chi connectivity index (χ4n) is 2.26. The zero-order valence-corrected chi connectivity index (χ0v) is 10.6. The van der Waals surface area contributed by atoms with Gasteiger partial charge in [-0.05, 0) is 35.9 Å². The van der Waals surface area contributed by atoms with Crippen LogP contribution in [0.3, 0.4) is 0 Å². The van der Waals surface area contributed by atoms with Crippen LogP contribution >= 0.6 is 0 Å². The second-order valence-corrected chi connectivity index (χ2v) is 4.45. The van der Waals surface area contributed by atoms with E-state index in [0.717, 1.165) is 22.4 Å². The van der Waals surface area contributed by atoms with Gasteiger partial charge in [-0.3, -0.25) is 9.78 Å². The SMILES string of the molecule is COc1ccc2c(c1)C(=O)C(=Cc1ccccn1)C2. The van der Waals surface area contributed by atoms with Crippen molar-refractivity contribution in [1.82, 2.24) is 4.98 Å². The minimum atomic E-state index is 0.0690. The van der Waals surface area contributed by atoms with Gasteiger partial charge in [-0.25, -0.2) is 0 Å². The predicted molar refractivity (Wildman–Crippen MR) is 73.2 cm³/mol. The van der Waals surface area contributed by atoms with Gasteiger partial charge in [0.2, 0.25) is 0 Å². The monoisotopic (exact) mass is 251 g/mol. The molecule has 0 saturated heterocycles. The fraction of sp³-hybridized carbons (Fsp3) is 0.125. The molecular weight excluding hydrogens is 238 g/mol. The van der Waals surface area contributed by atoms with Crippen LogP contribution in [0.15, 0.2) is 48.2 Å². The number of nitrogens with zero attached hydrogens (tertiary/aromatic N) is 1. The van der Waals surface area contributed by atoms with Gasteiger partial charge in [0.15, 0.2) is 5.78 Å². The van der Waals surface area contributed by atoms with Gasteiger partial charge in [-0.2, -0.15) is 0 Å². The van der Waals surface area contributed by atoms with E-state index in [1.54, 1.807) is 19.4 Å². The maximum atomic E-state index is 12.3. The molecule has 0 unspecified atom stereocenters. The van der Waals surface area contributed by atoms with E-state index in [0.29, 0.717) is 12.2 Å². The zero-order chi connectivity index (χ0) is 13.2. The molecule has 1 aromatic heterocycles. The van der Waals surface area contributed by atoms with Crippen molar-refractivity contribution in [2.24, 2.45) is 0 Å². The molecule has 0 saturated carbocycles. The van der Waals surface area contributed by atoms with Crippen LogP contribution in [0, 0.1) is 0 Å². The van der Waals surface area contributed by atoms with Crippen LogP contribution < -0.4 is 4.74 Å². The molecule has 0 aliphatic heterocycles. The van der Waals surface area contributed by atoms with Crippen LogP contribution in [0.25, 0.3) is 6.08 Å². The Morgan fingerprint density at radius 2 is 2.16 bits per heavy atom. The minimum Gasteiger partial charge on any atom is -0.497 e. The molecule has 0 radical (unpaired) electrons. The number of rotatable bonds is 2. The molecule has 0 bridgehead atoms. The number of ether oxygens (including phenoxy) is 1. The van der Waals surface area contributed by atoms with Crippen molar-refractivity contribution >= 4 is 11.9 Å². The van der Waals surface area contributed by atoms with Crippen LogP contribution in [0.2, 0.25) is 0 Å². The van der Waals surface area contributed by atoms with Crippen LogP contribution in [-0.2, 0) is 6.42 Å². The number of carbonyl (C=O) groups is 1. The normalized spacial score (nSPS) is 15.6.